The van der Waals surface area contributed by atoms with Crippen molar-refractivity contribution in [2.24, 2.45) is 0 Å². The Labute approximate surface area is 125 Å². The Bertz CT molecular complexity index is 627. The van der Waals surface area contributed by atoms with E-state index in [0.29, 0.717) is 16.0 Å². The van der Waals surface area contributed by atoms with Crippen LogP contribution in [0.1, 0.15) is 23.0 Å². The first-order valence-electron chi connectivity index (χ1n) is 6.34. The molecule has 3 nitrogen and oxygen atoms in total. The third-order valence-corrected chi connectivity index (χ3v) is 5.01. The maximum absolute atomic E-state index is 13.2. The molecule has 1 amide bonds. The molecule has 0 saturated carbocycles. The van der Waals surface area contributed by atoms with Crippen LogP contribution in [0.25, 0.3) is 10.1 Å². The molecule has 6 heteroatoms. The summed E-state index contributed by atoms with van der Waals surface area (Å²) in [6.07, 6.45) is 2.87. The molecule has 1 heterocycles. The summed E-state index contributed by atoms with van der Waals surface area (Å²) in [7, 11) is 0. The Morgan fingerprint density at radius 1 is 1.55 bits per heavy atom. The molecule has 1 aromatic heterocycles. The lowest BCUT2D eigenvalue weighted by molar-refractivity contribution is 0.0945. The van der Waals surface area contributed by atoms with E-state index in [1.165, 1.54) is 23.5 Å². The summed E-state index contributed by atoms with van der Waals surface area (Å²) in [5.41, 5.74) is 6.34. The number of thioether (sulfide) groups is 1. The number of carbonyl (C=O) groups excluding carboxylic acids is 1. The van der Waals surface area contributed by atoms with E-state index in [1.54, 1.807) is 17.8 Å². The number of amides is 1. The van der Waals surface area contributed by atoms with Gasteiger partial charge in [-0.05, 0) is 30.9 Å². The average molecular weight is 312 g/mol. The van der Waals surface area contributed by atoms with Crippen molar-refractivity contribution < 1.29 is 9.18 Å². The second-order valence-electron chi connectivity index (χ2n) is 4.52. The van der Waals surface area contributed by atoms with Crippen LogP contribution in [0.15, 0.2) is 18.2 Å². The molecule has 3 N–H and O–H groups in total. The van der Waals surface area contributed by atoms with Gasteiger partial charge in [0.25, 0.3) is 5.91 Å². The number of nitrogens with one attached hydrogen (secondary N) is 1. The smallest absolute Gasteiger partial charge is 0.263 e. The number of anilines is 1. The molecule has 1 aromatic carbocycles. The van der Waals surface area contributed by atoms with Crippen molar-refractivity contribution in [1.82, 2.24) is 5.32 Å². The van der Waals surface area contributed by atoms with Gasteiger partial charge in [0, 0.05) is 21.9 Å². The Morgan fingerprint density at radius 2 is 2.30 bits per heavy atom. The normalized spacial score (nSPS) is 12.6. The van der Waals surface area contributed by atoms with Crippen LogP contribution in [0.4, 0.5) is 10.1 Å². The summed E-state index contributed by atoms with van der Waals surface area (Å²) < 4.78 is 14.1. The summed E-state index contributed by atoms with van der Waals surface area (Å²) >= 11 is 2.99. The first kappa shape index (κ1) is 15.1. The van der Waals surface area contributed by atoms with Crippen LogP contribution in [0.5, 0.6) is 0 Å². The van der Waals surface area contributed by atoms with Gasteiger partial charge in [-0.3, -0.25) is 4.79 Å². The number of halogens is 1. The zero-order valence-corrected chi connectivity index (χ0v) is 13.0. The molecule has 1 unspecified atom stereocenters. The largest absolute Gasteiger partial charge is 0.397 e. The zero-order chi connectivity index (χ0) is 14.7. The maximum atomic E-state index is 13.2. The van der Waals surface area contributed by atoms with E-state index in [0.717, 1.165) is 16.9 Å². The number of thiophene rings is 1. The van der Waals surface area contributed by atoms with E-state index < -0.39 is 0 Å². The first-order chi connectivity index (χ1) is 9.56. The first-order valence-corrected chi connectivity index (χ1v) is 8.55. The number of hydrogen-bond donors (Lipinski definition) is 2. The van der Waals surface area contributed by atoms with Gasteiger partial charge < -0.3 is 11.1 Å². The molecular weight excluding hydrogens is 295 g/mol. The van der Waals surface area contributed by atoms with E-state index >= 15 is 0 Å². The zero-order valence-electron chi connectivity index (χ0n) is 11.4. The SMILES string of the molecule is CCC(CSC)NC(=O)c1sc2ccc(F)cc2c1N. The van der Waals surface area contributed by atoms with E-state index in [4.69, 9.17) is 5.73 Å². The Hall–Kier alpha value is -1.27. The fourth-order valence-corrected chi connectivity index (χ4v) is 3.70. The summed E-state index contributed by atoms with van der Waals surface area (Å²) in [5.74, 6) is 0.342. The monoisotopic (exact) mass is 312 g/mol. The van der Waals surface area contributed by atoms with Crippen molar-refractivity contribution in [2.45, 2.75) is 19.4 Å². The quantitative estimate of drug-likeness (QED) is 0.888. The summed E-state index contributed by atoms with van der Waals surface area (Å²) in [6.45, 7) is 2.03. The Morgan fingerprint density at radius 3 is 2.95 bits per heavy atom. The molecule has 0 aliphatic heterocycles. The molecule has 20 heavy (non-hydrogen) atoms. The minimum atomic E-state index is -0.345. The highest BCUT2D eigenvalue weighted by atomic mass is 32.2. The molecule has 1 atom stereocenters. The number of benzene rings is 1. The third-order valence-electron chi connectivity index (χ3n) is 3.09. The van der Waals surface area contributed by atoms with E-state index in [9.17, 15) is 9.18 Å². The fraction of sp³-hybridized carbons (Fsp3) is 0.357. The molecule has 108 valence electrons. The highest BCUT2D eigenvalue weighted by Crippen LogP contribution is 2.34. The van der Waals surface area contributed by atoms with Gasteiger partial charge in [0.1, 0.15) is 10.7 Å². The van der Waals surface area contributed by atoms with Gasteiger partial charge >= 0.3 is 0 Å². The van der Waals surface area contributed by atoms with Gasteiger partial charge in [0.15, 0.2) is 0 Å². The summed E-state index contributed by atoms with van der Waals surface area (Å²) in [5, 5.41) is 3.59. The van der Waals surface area contributed by atoms with Gasteiger partial charge in [-0.2, -0.15) is 11.8 Å². The van der Waals surface area contributed by atoms with Gasteiger partial charge in [0.2, 0.25) is 0 Å². The average Bonchev–Trinajstić information content (AvgIpc) is 2.75. The molecular formula is C14H17FN2OS2. The predicted molar refractivity (Wildman–Crippen MR) is 86.1 cm³/mol. The standard InChI is InChI=1S/C14H17FN2OS2/c1-3-9(7-19-2)17-14(18)13-12(16)10-6-8(15)4-5-11(10)20-13/h4-6,9H,3,7,16H2,1-2H3,(H,17,18). The van der Waals surface area contributed by atoms with Crippen molar-refractivity contribution in [1.29, 1.82) is 0 Å². The van der Waals surface area contributed by atoms with Crippen LogP contribution < -0.4 is 11.1 Å². The molecule has 0 aliphatic rings. The molecule has 0 radical (unpaired) electrons. The topological polar surface area (TPSA) is 55.1 Å². The minimum absolute atomic E-state index is 0.124. The Balaban J connectivity index is 2.28. The number of fused-ring (bicyclic) bond motifs is 1. The Kier molecular flexibility index (Phi) is 4.88. The molecule has 2 aromatic rings. The van der Waals surface area contributed by atoms with Crippen molar-refractivity contribution >= 4 is 44.8 Å². The van der Waals surface area contributed by atoms with Crippen molar-refractivity contribution in [3.05, 3.63) is 28.9 Å². The number of hydrogen-bond acceptors (Lipinski definition) is 4. The van der Waals surface area contributed by atoms with Gasteiger partial charge in [0.05, 0.1) is 5.69 Å². The lowest BCUT2D eigenvalue weighted by Crippen LogP contribution is -2.36. The molecule has 0 spiro atoms. The lowest BCUT2D eigenvalue weighted by Gasteiger charge is -2.15. The highest BCUT2D eigenvalue weighted by molar-refractivity contribution is 7.98. The second-order valence-corrected chi connectivity index (χ2v) is 6.48. The van der Waals surface area contributed by atoms with Gasteiger partial charge in [-0.25, -0.2) is 4.39 Å². The van der Waals surface area contributed by atoms with Gasteiger partial charge in [-0.1, -0.05) is 6.92 Å². The van der Waals surface area contributed by atoms with Crippen LogP contribution in [0, 0.1) is 5.82 Å². The highest BCUT2D eigenvalue weighted by Gasteiger charge is 2.19. The molecule has 0 fully saturated rings. The fourth-order valence-electron chi connectivity index (χ4n) is 1.97. The van der Waals surface area contributed by atoms with Crippen LogP contribution in [0.3, 0.4) is 0 Å². The van der Waals surface area contributed by atoms with Crippen LogP contribution >= 0.6 is 23.1 Å². The third kappa shape index (κ3) is 3.07. The maximum Gasteiger partial charge on any atom is 0.263 e. The summed E-state index contributed by atoms with van der Waals surface area (Å²) in [4.78, 5) is 12.7. The van der Waals surface area contributed by atoms with Crippen LogP contribution in [-0.2, 0) is 0 Å². The number of nitrogens with two attached hydrogens (primary N) is 1. The number of carbonyl (C=O) groups is 1. The van der Waals surface area contributed by atoms with E-state index in [1.807, 2.05) is 13.2 Å². The summed E-state index contributed by atoms with van der Waals surface area (Å²) in [6, 6.07) is 4.53. The van der Waals surface area contributed by atoms with E-state index in [2.05, 4.69) is 5.32 Å². The van der Waals surface area contributed by atoms with E-state index in [-0.39, 0.29) is 17.8 Å². The predicted octanol–water partition coefficient (Wildman–Crippen LogP) is 3.49. The van der Waals surface area contributed by atoms with Crippen LogP contribution in [-0.4, -0.2) is 24.0 Å². The minimum Gasteiger partial charge on any atom is -0.397 e. The van der Waals surface area contributed by atoms with Crippen molar-refractivity contribution in [3.63, 3.8) is 0 Å². The number of rotatable bonds is 5. The van der Waals surface area contributed by atoms with Crippen molar-refractivity contribution in [2.75, 3.05) is 17.7 Å². The molecule has 0 aliphatic carbocycles. The molecule has 2 rings (SSSR count). The van der Waals surface area contributed by atoms with Gasteiger partial charge in [-0.15, -0.1) is 11.3 Å². The molecule has 0 bridgehead atoms. The number of nitrogen functional groups attached to an aromatic ring is 1. The van der Waals surface area contributed by atoms with Crippen molar-refractivity contribution in [3.8, 4) is 0 Å². The van der Waals surface area contributed by atoms with Crippen LogP contribution in [0.2, 0.25) is 0 Å². The molecule has 0 saturated heterocycles. The lowest BCUT2D eigenvalue weighted by atomic mass is 10.2. The second kappa shape index (κ2) is 6.45.